The van der Waals surface area contributed by atoms with Gasteiger partial charge < -0.3 is 20.1 Å². The number of hydrogen-bond donors (Lipinski definition) is 1. The summed E-state index contributed by atoms with van der Waals surface area (Å²) in [5, 5.41) is 0. The van der Waals surface area contributed by atoms with Crippen LogP contribution in [0.5, 0.6) is 0 Å². The third kappa shape index (κ3) is 4.16. The van der Waals surface area contributed by atoms with Crippen molar-refractivity contribution in [2.75, 3.05) is 46.9 Å². The van der Waals surface area contributed by atoms with E-state index in [0.717, 1.165) is 39.0 Å². The third-order valence-corrected chi connectivity index (χ3v) is 4.76. The van der Waals surface area contributed by atoms with Crippen LogP contribution in [-0.4, -0.2) is 80.9 Å². The van der Waals surface area contributed by atoms with Crippen molar-refractivity contribution >= 4 is 5.91 Å². The Morgan fingerprint density at radius 1 is 1.14 bits per heavy atom. The molecular weight excluding hydrogens is 270 g/mol. The smallest absolute Gasteiger partial charge is 0.224 e. The van der Waals surface area contributed by atoms with Crippen molar-refractivity contribution in [2.24, 2.45) is 5.73 Å². The highest BCUT2D eigenvalue weighted by Crippen LogP contribution is 2.20. The third-order valence-electron chi connectivity index (χ3n) is 4.76. The van der Waals surface area contributed by atoms with Crippen molar-refractivity contribution < 1.29 is 14.3 Å². The van der Waals surface area contributed by atoms with Crippen molar-refractivity contribution in [3.63, 3.8) is 0 Å². The number of piperidine rings is 1. The first-order valence-electron chi connectivity index (χ1n) is 7.97. The summed E-state index contributed by atoms with van der Waals surface area (Å²) in [5.74, 6) is 0.236. The fourth-order valence-electron chi connectivity index (χ4n) is 3.36. The number of amides is 1. The molecule has 3 unspecified atom stereocenters. The van der Waals surface area contributed by atoms with E-state index in [4.69, 9.17) is 15.2 Å². The van der Waals surface area contributed by atoms with E-state index in [1.54, 1.807) is 14.2 Å². The van der Waals surface area contributed by atoms with Gasteiger partial charge in [-0.15, -0.1) is 0 Å². The monoisotopic (exact) mass is 299 g/mol. The first kappa shape index (κ1) is 16.7. The molecule has 2 N–H and O–H groups in total. The molecule has 0 aliphatic carbocycles. The van der Waals surface area contributed by atoms with E-state index in [2.05, 4.69) is 4.90 Å². The molecular formula is C15H29N3O3. The van der Waals surface area contributed by atoms with Crippen molar-refractivity contribution in [1.82, 2.24) is 9.80 Å². The van der Waals surface area contributed by atoms with Crippen LogP contribution in [0.2, 0.25) is 0 Å². The highest BCUT2D eigenvalue weighted by molar-refractivity contribution is 5.77. The first-order chi connectivity index (χ1) is 10.2. The van der Waals surface area contributed by atoms with Crippen LogP contribution in [0.1, 0.15) is 25.7 Å². The zero-order chi connectivity index (χ0) is 15.2. The maximum Gasteiger partial charge on any atom is 0.224 e. The van der Waals surface area contributed by atoms with Crippen molar-refractivity contribution in [2.45, 2.75) is 43.9 Å². The minimum atomic E-state index is 0.0640. The summed E-state index contributed by atoms with van der Waals surface area (Å²) in [7, 11) is 3.41. The minimum absolute atomic E-state index is 0.0640. The summed E-state index contributed by atoms with van der Waals surface area (Å²) >= 11 is 0. The number of nitrogens with zero attached hydrogens (tertiary/aromatic N) is 2. The lowest BCUT2D eigenvalue weighted by atomic mass is 10.1. The second-order valence-corrected chi connectivity index (χ2v) is 6.04. The van der Waals surface area contributed by atoms with E-state index >= 15 is 0 Å². The van der Waals surface area contributed by atoms with Crippen LogP contribution in [0, 0.1) is 0 Å². The second kappa shape index (κ2) is 8.08. The van der Waals surface area contributed by atoms with Gasteiger partial charge in [0.15, 0.2) is 0 Å². The Morgan fingerprint density at radius 2 is 1.71 bits per heavy atom. The summed E-state index contributed by atoms with van der Waals surface area (Å²) in [6, 6.07) is 0.0808. The van der Waals surface area contributed by atoms with Gasteiger partial charge in [-0.05, 0) is 19.3 Å². The number of likely N-dealkylation sites (tertiary alicyclic amines) is 2. The van der Waals surface area contributed by atoms with E-state index in [1.807, 2.05) is 4.90 Å². The highest BCUT2D eigenvalue weighted by atomic mass is 16.5. The highest BCUT2D eigenvalue weighted by Gasteiger charge is 2.37. The fourth-order valence-corrected chi connectivity index (χ4v) is 3.36. The van der Waals surface area contributed by atoms with Gasteiger partial charge in [-0.1, -0.05) is 0 Å². The topological polar surface area (TPSA) is 68.0 Å². The van der Waals surface area contributed by atoms with Crippen LogP contribution in [0.25, 0.3) is 0 Å². The van der Waals surface area contributed by atoms with E-state index in [1.165, 1.54) is 6.42 Å². The standard InChI is InChI=1S/C15H29N3O3/c1-20-13-10-18(11-14(13)21-2)12(9-16)8-15(19)17-6-4-3-5-7-17/h12-14H,3-11,16H2,1-2H3. The van der Waals surface area contributed by atoms with Crippen LogP contribution >= 0.6 is 0 Å². The molecule has 2 aliphatic heterocycles. The molecule has 0 aromatic carbocycles. The van der Waals surface area contributed by atoms with Crippen molar-refractivity contribution in [1.29, 1.82) is 0 Å². The zero-order valence-electron chi connectivity index (χ0n) is 13.3. The second-order valence-electron chi connectivity index (χ2n) is 6.04. The van der Waals surface area contributed by atoms with Crippen molar-refractivity contribution in [3.8, 4) is 0 Å². The van der Waals surface area contributed by atoms with Crippen LogP contribution in [0.15, 0.2) is 0 Å². The van der Waals surface area contributed by atoms with Crippen LogP contribution in [0.3, 0.4) is 0 Å². The molecule has 2 heterocycles. The molecule has 0 bridgehead atoms. The molecule has 1 amide bonds. The predicted octanol–water partition coefficient (Wildman–Crippen LogP) is 0.0619. The molecule has 2 fully saturated rings. The Labute approximate surface area is 127 Å². The molecule has 2 rings (SSSR count). The lowest BCUT2D eigenvalue weighted by molar-refractivity contribution is -0.133. The number of methoxy groups -OCH3 is 2. The Bertz CT molecular complexity index is 322. The molecule has 0 saturated carbocycles. The van der Waals surface area contributed by atoms with E-state index in [-0.39, 0.29) is 24.2 Å². The summed E-state index contributed by atoms with van der Waals surface area (Å²) in [6.07, 6.45) is 4.12. The molecule has 0 aromatic heterocycles. The summed E-state index contributed by atoms with van der Waals surface area (Å²) < 4.78 is 10.9. The van der Waals surface area contributed by atoms with Gasteiger partial charge in [0, 0.05) is 59.4 Å². The summed E-state index contributed by atoms with van der Waals surface area (Å²) in [5.41, 5.74) is 5.91. The number of hydrogen-bond acceptors (Lipinski definition) is 5. The maximum atomic E-state index is 12.4. The van der Waals surface area contributed by atoms with Gasteiger partial charge in [0.25, 0.3) is 0 Å². The van der Waals surface area contributed by atoms with Gasteiger partial charge in [0.05, 0.1) is 12.2 Å². The Hall–Kier alpha value is -0.690. The molecule has 6 nitrogen and oxygen atoms in total. The summed E-state index contributed by atoms with van der Waals surface area (Å²) in [4.78, 5) is 16.6. The van der Waals surface area contributed by atoms with E-state index < -0.39 is 0 Å². The quantitative estimate of drug-likeness (QED) is 0.751. The lowest BCUT2D eigenvalue weighted by Crippen LogP contribution is -2.45. The first-order valence-corrected chi connectivity index (χ1v) is 7.97. The molecule has 0 aromatic rings. The minimum Gasteiger partial charge on any atom is -0.377 e. The predicted molar refractivity (Wildman–Crippen MR) is 81.1 cm³/mol. The summed E-state index contributed by atoms with van der Waals surface area (Å²) in [6.45, 7) is 3.86. The lowest BCUT2D eigenvalue weighted by Gasteiger charge is -2.31. The van der Waals surface area contributed by atoms with Crippen LogP contribution in [-0.2, 0) is 14.3 Å². The number of carbonyl (C=O) groups is 1. The largest absolute Gasteiger partial charge is 0.377 e. The molecule has 122 valence electrons. The van der Waals surface area contributed by atoms with Gasteiger partial charge in [0.1, 0.15) is 0 Å². The van der Waals surface area contributed by atoms with Crippen molar-refractivity contribution in [3.05, 3.63) is 0 Å². The Morgan fingerprint density at radius 3 is 2.19 bits per heavy atom. The molecule has 21 heavy (non-hydrogen) atoms. The number of nitrogens with two attached hydrogens (primary N) is 1. The number of ether oxygens (including phenoxy) is 2. The van der Waals surface area contributed by atoms with Crippen LogP contribution < -0.4 is 5.73 Å². The number of rotatable bonds is 6. The number of carbonyl (C=O) groups excluding carboxylic acids is 1. The SMILES string of the molecule is COC1CN(C(CN)CC(=O)N2CCCCC2)CC1OC. The molecule has 0 spiro atoms. The normalized spacial score (nSPS) is 28.8. The molecule has 0 radical (unpaired) electrons. The maximum absolute atomic E-state index is 12.4. The fraction of sp³-hybridized carbons (Fsp3) is 0.933. The van der Waals surface area contributed by atoms with Gasteiger partial charge in [0.2, 0.25) is 5.91 Å². The van der Waals surface area contributed by atoms with Gasteiger partial charge in [-0.2, -0.15) is 0 Å². The zero-order valence-corrected chi connectivity index (χ0v) is 13.3. The molecule has 2 aliphatic rings. The van der Waals surface area contributed by atoms with E-state index in [0.29, 0.717) is 13.0 Å². The Balaban J connectivity index is 1.89. The Kier molecular flexibility index (Phi) is 6.41. The van der Waals surface area contributed by atoms with Gasteiger partial charge >= 0.3 is 0 Å². The molecule has 2 saturated heterocycles. The van der Waals surface area contributed by atoms with Gasteiger partial charge in [-0.3, -0.25) is 9.69 Å². The average molecular weight is 299 g/mol. The molecule has 3 atom stereocenters. The van der Waals surface area contributed by atoms with E-state index in [9.17, 15) is 4.79 Å². The van der Waals surface area contributed by atoms with Gasteiger partial charge in [-0.25, -0.2) is 0 Å². The average Bonchev–Trinajstić information content (AvgIpc) is 2.96. The molecule has 6 heteroatoms. The van der Waals surface area contributed by atoms with Crippen LogP contribution in [0.4, 0.5) is 0 Å².